The van der Waals surface area contributed by atoms with Crippen LogP contribution in [0, 0.1) is 5.82 Å². The van der Waals surface area contributed by atoms with Crippen molar-refractivity contribution in [3.8, 4) is 0 Å². The quantitative estimate of drug-likeness (QED) is 0.668. The molecule has 8 heteroatoms. The summed E-state index contributed by atoms with van der Waals surface area (Å²) in [7, 11) is -3.24. The van der Waals surface area contributed by atoms with Gasteiger partial charge < -0.3 is 10.6 Å². The molecular formula is C22H25FN2O4S. The minimum atomic E-state index is -3.24. The molecule has 30 heavy (non-hydrogen) atoms. The van der Waals surface area contributed by atoms with Crippen LogP contribution in [0.3, 0.4) is 0 Å². The topological polar surface area (TPSA) is 92.3 Å². The highest BCUT2D eigenvalue weighted by atomic mass is 32.2. The number of benzene rings is 2. The maximum Gasteiger partial charge on any atom is 0.251 e. The van der Waals surface area contributed by atoms with E-state index in [9.17, 15) is 22.4 Å². The summed E-state index contributed by atoms with van der Waals surface area (Å²) in [5.74, 6) is -1.28. The van der Waals surface area contributed by atoms with Crippen LogP contribution in [0.15, 0.2) is 48.5 Å². The fourth-order valence-electron chi connectivity index (χ4n) is 3.50. The minimum Gasteiger partial charge on any atom is -0.348 e. The number of hydrogen-bond acceptors (Lipinski definition) is 4. The van der Waals surface area contributed by atoms with Gasteiger partial charge in [-0.15, -0.1) is 0 Å². The van der Waals surface area contributed by atoms with Crippen LogP contribution in [0.1, 0.15) is 48.0 Å². The van der Waals surface area contributed by atoms with Crippen molar-refractivity contribution in [1.82, 2.24) is 5.32 Å². The van der Waals surface area contributed by atoms with Crippen molar-refractivity contribution in [2.75, 3.05) is 11.1 Å². The number of rotatable bonds is 8. The number of amides is 2. The van der Waals surface area contributed by atoms with Gasteiger partial charge in [0.15, 0.2) is 9.84 Å². The molecule has 0 aliphatic heterocycles. The number of halogens is 1. The highest BCUT2D eigenvalue weighted by Gasteiger charge is 2.28. The first-order chi connectivity index (χ1) is 14.3. The molecule has 0 aromatic heterocycles. The average Bonchev–Trinajstić information content (AvgIpc) is 3.28. The molecule has 0 atom stereocenters. The SMILES string of the molecule is O=C(CCS(=O)(=O)C1CCCC1)Nc1ccc(C(=O)NCc2ccccc2F)cc1. The Hall–Kier alpha value is -2.74. The van der Waals surface area contributed by atoms with E-state index in [1.165, 1.54) is 6.07 Å². The summed E-state index contributed by atoms with van der Waals surface area (Å²) in [4.78, 5) is 24.3. The first-order valence-electron chi connectivity index (χ1n) is 9.98. The lowest BCUT2D eigenvalue weighted by molar-refractivity contribution is -0.115. The normalized spacial score (nSPS) is 14.4. The van der Waals surface area contributed by atoms with Gasteiger partial charge >= 0.3 is 0 Å². The van der Waals surface area contributed by atoms with Gasteiger partial charge in [0.05, 0.1) is 11.0 Å². The molecule has 0 saturated heterocycles. The molecule has 0 heterocycles. The van der Waals surface area contributed by atoms with Gasteiger partial charge in [-0.1, -0.05) is 31.0 Å². The zero-order valence-corrected chi connectivity index (χ0v) is 17.4. The lowest BCUT2D eigenvalue weighted by Gasteiger charge is -2.11. The third kappa shape index (κ3) is 5.89. The fraction of sp³-hybridized carbons (Fsp3) is 0.364. The predicted octanol–water partition coefficient (Wildman–Crippen LogP) is 3.44. The summed E-state index contributed by atoms with van der Waals surface area (Å²) in [6, 6.07) is 12.4. The molecule has 2 aromatic carbocycles. The largest absolute Gasteiger partial charge is 0.348 e. The van der Waals surface area contributed by atoms with Crippen molar-refractivity contribution in [3.05, 3.63) is 65.5 Å². The highest BCUT2D eigenvalue weighted by molar-refractivity contribution is 7.92. The molecule has 160 valence electrons. The van der Waals surface area contributed by atoms with E-state index in [1.807, 2.05) is 0 Å². The molecule has 2 N–H and O–H groups in total. The van der Waals surface area contributed by atoms with E-state index in [4.69, 9.17) is 0 Å². The van der Waals surface area contributed by atoms with Crippen LogP contribution in [0.4, 0.5) is 10.1 Å². The van der Waals surface area contributed by atoms with Crippen molar-refractivity contribution in [2.24, 2.45) is 0 Å². The summed E-state index contributed by atoms with van der Waals surface area (Å²) in [6.45, 7) is 0.0689. The van der Waals surface area contributed by atoms with Crippen LogP contribution in [0.25, 0.3) is 0 Å². The Kier molecular flexibility index (Phi) is 7.20. The lowest BCUT2D eigenvalue weighted by Crippen LogP contribution is -2.24. The van der Waals surface area contributed by atoms with Crippen LogP contribution in [-0.2, 0) is 21.2 Å². The second kappa shape index (κ2) is 9.84. The van der Waals surface area contributed by atoms with Gasteiger partial charge in [-0.2, -0.15) is 0 Å². The first-order valence-corrected chi connectivity index (χ1v) is 11.7. The molecule has 0 radical (unpaired) electrons. The molecule has 2 aromatic rings. The van der Waals surface area contributed by atoms with Crippen LogP contribution in [-0.4, -0.2) is 31.2 Å². The number of carbonyl (C=O) groups is 2. The molecule has 0 spiro atoms. The van der Waals surface area contributed by atoms with Gasteiger partial charge in [-0.05, 0) is 43.2 Å². The second-order valence-electron chi connectivity index (χ2n) is 7.42. The monoisotopic (exact) mass is 432 g/mol. The van der Waals surface area contributed by atoms with E-state index < -0.39 is 9.84 Å². The Morgan fingerprint density at radius 2 is 1.67 bits per heavy atom. The number of anilines is 1. The molecule has 1 saturated carbocycles. The molecular weight excluding hydrogens is 407 g/mol. The number of sulfone groups is 1. The highest BCUT2D eigenvalue weighted by Crippen LogP contribution is 2.25. The molecule has 0 unspecified atom stereocenters. The van der Waals surface area contributed by atoms with Crippen molar-refractivity contribution in [2.45, 2.75) is 43.9 Å². The summed E-state index contributed by atoms with van der Waals surface area (Å²) in [6.07, 6.45) is 3.13. The molecule has 0 bridgehead atoms. The van der Waals surface area contributed by atoms with Gasteiger partial charge in [-0.25, -0.2) is 12.8 Å². The second-order valence-corrected chi connectivity index (χ2v) is 9.82. The molecule has 3 rings (SSSR count). The summed E-state index contributed by atoms with van der Waals surface area (Å²) in [5.41, 5.74) is 1.24. The van der Waals surface area contributed by atoms with Crippen molar-refractivity contribution >= 4 is 27.3 Å². The predicted molar refractivity (Wildman–Crippen MR) is 113 cm³/mol. The van der Waals surface area contributed by atoms with Gasteiger partial charge in [0.1, 0.15) is 5.82 Å². The van der Waals surface area contributed by atoms with E-state index in [0.717, 1.165) is 12.8 Å². The van der Waals surface area contributed by atoms with Crippen LogP contribution < -0.4 is 10.6 Å². The van der Waals surface area contributed by atoms with Crippen molar-refractivity contribution in [3.63, 3.8) is 0 Å². The van der Waals surface area contributed by atoms with Gasteiger partial charge in [0.2, 0.25) is 5.91 Å². The number of hydrogen-bond donors (Lipinski definition) is 2. The zero-order valence-electron chi connectivity index (χ0n) is 16.6. The number of nitrogens with one attached hydrogen (secondary N) is 2. The Morgan fingerprint density at radius 3 is 2.33 bits per heavy atom. The average molecular weight is 433 g/mol. The lowest BCUT2D eigenvalue weighted by atomic mass is 10.1. The van der Waals surface area contributed by atoms with Crippen LogP contribution in [0.2, 0.25) is 0 Å². The molecule has 6 nitrogen and oxygen atoms in total. The summed E-state index contributed by atoms with van der Waals surface area (Å²) in [5, 5.41) is 4.99. The van der Waals surface area contributed by atoms with Crippen molar-refractivity contribution in [1.29, 1.82) is 0 Å². The van der Waals surface area contributed by atoms with E-state index in [2.05, 4.69) is 10.6 Å². The molecule has 1 aliphatic rings. The van der Waals surface area contributed by atoms with Gasteiger partial charge in [-0.3, -0.25) is 9.59 Å². The summed E-state index contributed by atoms with van der Waals surface area (Å²) >= 11 is 0. The first kappa shape index (κ1) is 22.0. The smallest absolute Gasteiger partial charge is 0.251 e. The molecule has 2 amide bonds. The Bertz CT molecular complexity index is 1000. The number of carbonyl (C=O) groups excluding carboxylic acids is 2. The third-order valence-electron chi connectivity index (χ3n) is 5.25. The van der Waals surface area contributed by atoms with E-state index >= 15 is 0 Å². The van der Waals surface area contributed by atoms with Crippen molar-refractivity contribution < 1.29 is 22.4 Å². The maximum absolute atomic E-state index is 13.6. The van der Waals surface area contributed by atoms with Gasteiger partial charge in [0.25, 0.3) is 5.91 Å². The Balaban J connectivity index is 1.48. The maximum atomic E-state index is 13.6. The Labute approximate surface area is 175 Å². The fourth-order valence-corrected chi connectivity index (χ4v) is 5.35. The van der Waals surface area contributed by atoms with Gasteiger partial charge in [0, 0.05) is 29.8 Å². The Morgan fingerprint density at radius 1 is 1.00 bits per heavy atom. The summed E-state index contributed by atoms with van der Waals surface area (Å²) < 4.78 is 38.1. The minimum absolute atomic E-state index is 0.0689. The zero-order chi connectivity index (χ0) is 21.6. The van der Waals surface area contributed by atoms with E-state index in [-0.39, 0.29) is 41.6 Å². The van der Waals surface area contributed by atoms with Crippen LogP contribution >= 0.6 is 0 Å². The standard InChI is InChI=1S/C22H25FN2O4S/c23-20-8-4-1-5-17(20)15-24-22(27)16-9-11-18(12-10-16)25-21(26)13-14-30(28,29)19-6-2-3-7-19/h1,4-5,8-12,19H,2-3,6-7,13-15H2,(H,24,27)(H,25,26). The molecule has 1 fully saturated rings. The van der Waals surface area contributed by atoms with E-state index in [0.29, 0.717) is 29.7 Å². The molecule has 1 aliphatic carbocycles. The van der Waals surface area contributed by atoms with Crippen LogP contribution in [0.5, 0.6) is 0 Å². The van der Waals surface area contributed by atoms with E-state index in [1.54, 1.807) is 42.5 Å². The third-order valence-corrected chi connectivity index (χ3v) is 7.51.